The van der Waals surface area contributed by atoms with E-state index in [9.17, 15) is 13.2 Å². The summed E-state index contributed by atoms with van der Waals surface area (Å²) >= 11 is 1.45. The van der Waals surface area contributed by atoms with E-state index in [1.165, 1.54) is 37.4 Å². The van der Waals surface area contributed by atoms with Crippen LogP contribution in [-0.4, -0.2) is 54.2 Å². The van der Waals surface area contributed by atoms with E-state index in [2.05, 4.69) is 4.99 Å². The van der Waals surface area contributed by atoms with E-state index in [0.717, 1.165) is 6.42 Å². The lowest BCUT2D eigenvalue weighted by Crippen LogP contribution is -2.34. The SMILES string of the molecule is CN1C(=NC(=O)CCC2CCCC2)SC2CS(=O)(=O)CC21. The number of nitrogens with zero attached hydrogens (tertiary/aromatic N) is 2. The van der Waals surface area contributed by atoms with Crippen LogP contribution < -0.4 is 0 Å². The maximum Gasteiger partial charge on any atom is 0.248 e. The first kappa shape index (κ1) is 15.3. The van der Waals surface area contributed by atoms with Gasteiger partial charge in [-0.2, -0.15) is 4.99 Å². The van der Waals surface area contributed by atoms with Gasteiger partial charge >= 0.3 is 0 Å². The normalized spacial score (nSPS) is 33.8. The molecule has 1 aliphatic carbocycles. The zero-order valence-corrected chi connectivity index (χ0v) is 14.0. The highest BCUT2D eigenvalue weighted by Gasteiger charge is 2.47. The summed E-state index contributed by atoms with van der Waals surface area (Å²) in [6.07, 6.45) is 6.57. The molecule has 1 amide bonds. The van der Waals surface area contributed by atoms with Crippen molar-refractivity contribution in [2.45, 2.75) is 49.8 Å². The Kier molecular flexibility index (Phi) is 4.32. The Bertz CT molecular complexity index is 553. The standard InChI is InChI=1S/C14H22N2O3S2/c1-16-11-8-21(18,19)9-12(11)20-14(16)15-13(17)7-6-10-4-2-3-5-10/h10-12H,2-9H2,1H3. The molecule has 0 spiro atoms. The highest BCUT2D eigenvalue weighted by atomic mass is 32.2. The fraction of sp³-hybridized carbons (Fsp3) is 0.857. The molecule has 3 rings (SSSR count). The molecular weight excluding hydrogens is 308 g/mol. The predicted octanol–water partition coefficient (Wildman–Crippen LogP) is 1.68. The Labute approximate surface area is 130 Å². The molecule has 0 radical (unpaired) electrons. The van der Waals surface area contributed by atoms with E-state index >= 15 is 0 Å². The van der Waals surface area contributed by atoms with Gasteiger partial charge in [0.25, 0.3) is 0 Å². The van der Waals surface area contributed by atoms with Gasteiger partial charge in [-0.05, 0) is 12.3 Å². The minimum Gasteiger partial charge on any atom is -0.349 e. The molecular formula is C14H22N2O3S2. The number of hydrogen-bond donors (Lipinski definition) is 0. The third-order valence-corrected chi connectivity index (χ3v) is 8.09. The molecule has 0 N–H and O–H groups in total. The van der Waals surface area contributed by atoms with Gasteiger partial charge in [0, 0.05) is 18.7 Å². The lowest BCUT2D eigenvalue weighted by Gasteiger charge is -2.17. The molecule has 5 nitrogen and oxygen atoms in total. The Morgan fingerprint density at radius 1 is 1.33 bits per heavy atom. The van der Waals surface area contributed by atoms with Crippen LogP contribution in [0.2, 0.25) is 0 Å². The molecule has 1 saturated carbocycles. The van der Waals surface area contributed by atoms with Gasteiger partial charge in [0.15, 0.2) is 15.0 Å². The second-order valence-electron chi connectivity index (χ2n) is 6.39. The number of carbonyl (C=O) groups excluding carboxylic acids is 1. The zero-order valence-electron chi connectivity index (χ0n) is 12.3. The van der Waals surface area contributed by atoms with Gasteiger partial charge in [-0.25, -0.2) is 8.42 Å². The van der Waals surface area contributed by atoms with Crippen LogP contribution >= 0.6 is 11.8 Å². The van der Waals surface area contributed by atoms with E-state index in [0.29, 0.717) is 17.5 Å². The topological polar surface area (TPSA) is 66.8 Å². The summed E-state index contributed by atoms with van der Waals surface area (Å²) in [5.41, 5.74) is 0. The molecule has 118 valence electrons. The lowest BCUT2D eigenvalue weighted by atomic mass is 10.0. The summed E-state index contributed by atoms with van der Waals surface area (Å²) in [6, 6.07) is -0.0126. The summed E-state index contributed by atoms with van der Waals surface area (Å²) in [5, 5.41) is 0.748. The Morgan fingerprint density at radius 2 is 2.05 bits per heavy atom. The minimum atomic E-state index is -2.91. The average Bonchev–Trinajstić information content (AvgIpc) is 3.07. The molecule has 21 heavy (non-hydrogen) atoms. The van der Waals surface area contributed by atoms with Crippen LogP contribution in [0.3, 0.4) is 0 Å². The fourth-order valence-corrected chi connectivity index (χ4v) is 7.54. The summed E-state index contributed by atoms with van der Waals surface area (Å²) in [6.45, 7) is 0. The largest absolute Gasteiger partial charge is 0.349 e. The number of aliphatic imine (C=N–C) groups is 1. The molecule has 0 aromatic rings. The summed E-state index contributed by atoms with van der Waals surface area (Å²) in [7, 11) is -1.07. The average molecular weight is 330 g/mol. The van der Waals surface area contributed by atoms with Crippen LogP contribution in [0, 0.1) is 5.92 Å². The highest BCUT2D eigenvalue weighted by molar-refractivity contribution is 8.15. The summed E-state index contributed by atoms with van der Waals surface area (Å²) in [5.74, 6) is 1.05. The Balaban J connectivity index is 1.56. The predicted molar refractivity (Wildman–Crippen MR) is 85.2 cm³/mol. The van der Waals surface area contributed by atoms with Crippen molar-refractivity contribution in [1.82, 2.24) is 4.90 Å². The number of amidine groups is 1. The van der Waals surface area contributed by atoms with Crippen molar-refractivity contribution in [2.24, 2.45) is 10.9 Å². The van der Waals surface area contributed by atoms with Gasteiger partial charge in [0.1, 0.15) is 0 Å². The van der Waals surface area contributed by atoms with Crippen molar-refractivity contribution in [2.75, 3.05) is 18.6 Å². The van der Waals surface area contributed by atoms with Crippen LogP contribution in [0.1, 0.15) is 38.5 Å². The lowest BCUT2D eigenvalue weighted by molar-refractivity contribution is -0.118. The Hall–Kier alpha value is -0.560. The van der Waals surface area contributed by atoms with Crippen LogP contribution in [0.15, 0.2) is 4.99 Å². The quantitative estimate of drug-likeness (QED) is 0.788. The van der Waals surface area contributed by atoms with Crippen molar-refractivity contribution in [3.8, 4) is 0 Å². The van der Waals surface area contributed by atoms with E-state index in [1.807, 2.05) is 11.9 Å². The monoisotopic (exact) mass is 330 g/mol. The first-order chi connectivity index (χ1) is 9.94. The van der Waals surface area contributed by atoms with E-state index in [-0.39, 0.29) is 28.7 Å². The van der Waals surface area contributed by atoms with Crippen molar-refractivity contribution >= 4 is 32.7 Å². The van der Waals surface area contributed by atoms with Gasteiger partial charge < -0.3 is 4.90 Å². The van der Waals surface area contributed by atoms with Crippen LogP contribution in [0.4, 0.5) is 0 Å². The third-order valence-electron chi connectivity index (χ3n) is 4.79. The molecule has 0 bridgehead atoms. The van der Waals surface area contributed by atoms with Crippen molar-refractivity contribution in [1.29, 1.82) is 0 Å². The summed E-state index contributed by atoms with van der Waals surface area (Å²) in [4.78, 5) is 18.1. The number of rotatable bonds is 3. The second-order valence-corrected chi connectivity index (χ2v) is 9.75. The van der Waals surface area contributed by atoms with E-state index in [1.54, 1.807) is 0 Å². The number of fused-ring (bicyclic) bond motifs is 1. The van der Waals surface area contributed by atoms with Gasteiger partial charge in [-0.3, -0.25) is 4.79 Å². The number of hydrogen-bond acceptors (Lipinski definition) is 4. The van der Waals surface area contributed by atoms with Crippen molar-refractivity contribution < 1.29 is 13.2 Å². The molecule has 0 aromatic carbocycles. The van der Waals surface area contributed by atoms with Gasteiger partial charge in [-0.1, -0.05) is 37.4 Å². The molecule has 3 fully saturated rings. The molecule has 2 atom stereocenters. The number of carbonyl (C=O) groups is 1. The first-order valence-corrected chi connectivity index (χ1v) is 10.4. The fourth-order valence-electron chi connectivity index (χ4n) is 3.53. The smallest absolute Gasteiger partial charge is 0.248 e. The molecule has 2 unspecified atom stereocenters. The van der Waals surface area contributed by atoms with Gasteiger partial charge in [0.05, 0.1) is 17.5 Å². The molecule has 2 saturated heterocycles. The molecule has 2 heterocycles. The minimum absolute atomic E-state index is 0.0126. The molecule has 7 heteroatoms. The molecule has 0 aromatic heterocycles. The van der Waals surface area contributed by atoms with Crippen molar-refractivity contribution in [3.05, 3.63) is 0 Å². The highest BCUT2D eigenvalue weighted by Crippen LogP contribution is 2.37. The van der Waals surface area contributed by atoms with Crippen LogP contribution in [0.5, 0.6) is 0 Å². The third kappa shape index (κ3) is 3.44. The number of amides is 1. The van der Waals surface area contributed by atoms with Gasteiger partial charge in [0.2, 0.25) is 5.91 Å². The Morgan fingerprint density at radius 3 is 2.71 bits per heavy atom. The van der Waals surface area contributed by atoms with Crippen LogP contribution in [0.25, 0.3) is 0 Å². The number of sulfone groups is 1. The van der Waals surface area contributed by atoms with Gasteiger partial charge in [-0.15, -0.1) is 0 Å². The first-order valence-electron chi connectivity index (χ1n) is 7.66. The molecule has 3 aliphatic rings. The summed E-state index contributed by atoms with van der Waals surface area (Å²) < 4.78 is 23.2. The maximum atomic E-state index is 12.0. The van der Waals surface area contributed by atoms with Crippen molar-refractivity contribution in [3.63, 3.8) is 0 Å². The van der Waals surface area contributed by atoms with E-state index in [4.69, 9.17) is 0 Å². The van der Waals surface area contributed by atoms with Crippen LogP contribution in [-0.2, 0) is 14.6 Å². The zero-order chi connectivity index (χ0) is 15.0. The maximum absolute atomic E-state index is 12.0. The molecule has 2 aliphatic heterocycles. The van der Waals surface area contributed by atoms with E-state index < -0.39 is 9.84 Å². The second kappa shape index (κ2) is 5.91. The number of thioether (sulfide) groups is 1.